The summed E-state index contributed by atoms with van der Waals surface area (Å²) in [4.78, 5) is 23.5. The van der Waals surface area contributed by atoms with Crippen LogP contribution in [-0.2, 0) is 14.3 Å². The third kappa shape index (κ3) is 5.57. The highest BCUT2D eigenvalue weighted by Gasteiger charge is 2.34. The minimum absolute atomic E-state index is 0.0318. The van der Waals surface area contributed by atoms with Gasteiger partial charge in [-0.15, -0.1) is 0 Å². The second-order valence-corrected chi connectivity index (χ2v) is 5.19. The molecule has 0 aromatic carbocycles. The zero-order valence-electron chi connectivity index (χ0n) is 11.9. The van der Waals surface area contributed by atoms with Crippen LogP contribution in [0, 0.1) is 5.41 Å². The maximum absolute atomic E-state index is 12.1. The van der Waals surface area contributed by atoms with Gasteiger partial charge in [0.05, 0.1) is 12.0 Å². The van der Waals surface area contributed by atoms with Crippen LogP contribution in [0.3, 0.4) is 0 Å². The predicted octanol–water partition coefficient (Wildman–Crippen LogP) is -0.355. The van der Waals surface area contributed by atoms with Gasteiger partial charge in [0.25, 0.3) is 0 Å². The average molecular weight is 271 g/mol. The zero-order valence-corrected chi connectivity index (χ0v) is 11.9. The molecule has 0 spiro atoms. The first-order valence-corrected chi connectivity index (χ1v) is 6.83. The molecule has 0 aromatic rings. The lowest BCUT2D eigenvalue weighted by Crippen LogP contribution is -2.49. The van der Waals surface area contributed by atoms with Crippen LogP contribution in [0.2, 0.25) is 0 Å². The third-order valence-corrected chi connectivity index (χ3v) is 3.41. The summed E-state index contributed by atoms with van der Waals surface area (Å²) in [6.45, 7) is 5.04. The second kappa shape index (κ2) is 8.12. The molecule has 2 amide bonds. The van der Waals surface area contributed by atoms with Crippen LogP contribution < -0.4 is 16.0 Å². The number of hydrogen-bond donors (Lipinski definition) is 3. The molecule has 0 saturated carbocycles. The largest absolute Gasteiger partial charge is 0.383 e. The van der Waals surface area contributed by atoms with Gasteiger partial charge in [-0.1, -0.05) is 0 Å². The third-order valence-electron chi connectivity index (χ3n) is 3.41. The molecular formula is C13H25N3O3. The first-order chi connectivity index (χ1) is 9.08. The first-order valence-electron chi connectivity index (χ1n) is 6.83. The fourth-order valence-corrected chi connectivity index (χ4v) is 2.13. The van der Waals surface area contributed by atoms with E-state index >= 15 is 0 Å². The molecule has 0 aliphatic carbocycles. The van der Waals surface area contributed by atoms with Crippen LogP contribution in [0.5, 0.6) is 0 Å². The molecule has 6 heteroatoms. The lowest BCUT2D eigenvalue weighted by atomic mass is 9.82. The molecule has 1 rings (SSSR count). The first kappa shape index (κ1) is 15.9. The molecule has 3 N–H and O–H groups in total. The van der Waals surface area contributed by atoms with Crippen LogP contribution in [0.1, 0.15) is 26.2 Å². The predicted molar refractivity (Wildman–Crippen MR) is 72.7 cm³/mol. The number of rotatable bonds is 7. The van der Waals surface area contributed by atoms with Gasteiger partial charge in [-0.25, -0.2) is 0 Å². The van der Waals surface area contributed by atoms with E-state index in [0.717, 1.165) is 19.4 Å². The van der Waals surface area contributed by atoms with E-state index in [4.69, 9.17) is 4.74 Å². The Hall–Kier alpha value is -1.14. The molecule has 0 radical (unpaired) electrons. The quantitative estimate of drug-likeness (QED) is 0.553. The number of hydrogen-bond acceptors (Lipinski definition) is 4. The van der Waals surface area contributed by atoms with E-state index in [2.05, 4.69) is 16.0 Å². The van der Waals surface area contributed by atoms with Crippen molar-refractivity contribution in [3.63, 3.8) is 0 Å². The van der Waals surface area contributed by atoms with Gasteiger partial charge >= 0.3 is 0 Å². The highest BCUT2D eigenvalue weighted by molar-refractivity contribution is 5.83. The molecule has 110 valence electrons. The van der Waals surface area contributed by atoms with Crippen molar-refractivity contribution < 1.29 is 14.3 Å². The maximum atomic E-state index is 12.1. The molecule has 1 heterocycles. The molecule has 6 nitrogen and oxygen atoms in total. The van der Waals surface area contributed by atoms with E-state index in [-0.39, 0.29) is 17.2 Å². The van der Waals surface area contributed by atoms with Crippen LogP contribution in [-0.4, -0.2) is 51.7 Å². The van der Waals surface area contributed by atoms with Crippen molar-refractivity contribution in [1.82, 2.24) is 16.0 Å². The molecule has 1 saturated heterocycles. The van der Waals surface area contributed by atoms with Crippen LogP contribution in [0.15, 0.2) is 0 Å². The van der Waals surface area contributed by atoms with Crippen LogP contribution >= 0.6 is 0 Å². The molecule has 19 heavy (non-hydrogen) atoms. The van der Waals surface area contributed by atoms with Crippen LogP contribution in [0.4, 0.5) is 0 Å². The summed E-state index contributed by atoms with van der Waals surface area (Å²) < 4.78 is 4.84. The Balaban J connectivity index is 2.17. The minimum atomic E-state index is -0.342. The van der Waals surface area contributed by atoms with Crippen molar-refractivity contribution in [2.45, 2.75) is 26.2 Å². The number of amides is 2. The zero-order chi connectivity index (χ0) is 14.1. The van der Waals surface area contributed by atoms with Gasteiger partial charge in [-0.05, 0) is 26.3 Å². The topological polar surface area (TPSA) is 79.5 Å². The SMILES string of the molecule is COCCNC(=O)CCNC(=O)C1(C)CCCNC1. The summed E-state index contributed by atoms with van der Waals surface area (Å²) in [7, 11) is 1.59. The monoisotopic (exact) mass is 271 g/mol. The molecule has 1 aliphatic rings. The maximum Gasteiger partial charge on any atom is 0.227 e. The Morgan fingerprint density at radius 3 is 2.74 bits per heavy atom. The number of carbonyl (C=O) groups excluding carboxylic acids is 2. The summed E-state index contributed by atoms with van der Waals surface area (Å²) in [6.07, 6.45) is 2.21. The van der Waals surface area contributed by atoms with E-state index in [1.54, 1.807) is 7.11 Å². The van der Waals surface area contributed by atoms with Gasteiger partial charge in [-0.2, -0.15) is 0 Å². The van der Waals surface area contributed by atoms with E-state index in [9.17, 15) is 9.59 Å². The molecule has 0 aromatic heterocycles. The van der Waals surface area contributed by atoms with Gasteiger partial charge in [0, 0.05) is 33.2 Å². The molecule has 1 aliphatic heterocycles. The molecule has 1 atom stereocenters. The molecular weight excluding hydrogens is 246 g/mol. The Morgan fingerprint density at radius 2 is 2.11 bits per heavy atom. The van der Waals surface area contributed by atoms with Crippen molar-refractivity contribution in [1.29, 1.82) is 0 Å². The van der Waals surface area contributed by atoms with E-state index in [1.165, 1.54) is 0 Å². The molecule has 1 unspecified atom stereocenters. The standard InChI is InChI=1S/C13H25N3O3/c1-13(5-3-6-14-10-13)12(18)16-7-4-11(17)15-8-9-19-2/h14H,3-10H2,1-2H3,(H,15,17)(H,16,18). The second-order valence-electron chi connectivity index (χ2n) is 5.19. The fraction of sp³-hybridized carbons (Fsp3) is 0.846. The number of methoxy groups -OCH3 is 1. The van der Waals surface area contributed by atoms with Crippen molar-refractivity contribution >= 4 is 11.8 Å². The summed E-state index contributed by atoms with van der Waals surface area (Å²) >= 11 is 0. The highest BCUT2D eigenvalue weighted by Crippen LogP contribution is 2.25. The minimum Gasteiger partial charge on any atom is -0.383 e. The fourth-order valence-electron chi connectivity index (χ4n) is 2.13. The van der Waals surface area contributed by atoms with Crippen molar-refractivity contribution in [3.05, 3.63) is 0 Å². The van der Waals surface area contributed by atoms with Crippen LogP contribution in [0.25, 0.3) is 0 Å². The van der Waals surface area contributed by atoms with E-state index in [1.807, 2.05) is 6.92 Å². The lowest BCUT2D eigenvalue weighted by molar-refractivity contribution is -0.131. The molecule has 0 bridgehead atoms. The van der Waals surface area contributed by atoms with Gasteiger partial charge in [0.1, 0.15) is 0 Å². The van der Waals surface area contributed by atoms with Crippen molar-refractivity contribution in [3.8, 4) is 0 Å². The average Bonchev–Trinajstić information content (AvgIpc) is 2.40. The van der Waals surface area contributed by atoms with Crippen molar-refractivity contribution in [2.24, 2.45) is 5.41 Å². The summed E-state index contributed by atoms with van der Waals surface area (Å²) in [6, 6.07) is 0. The van der Waals surface area contributed by atoms with Gasteiger partial charge in [0.15, 0.2) is 0 Å². The number of ether oxygens (including phenoxy) is 1. The smallest absolute Gasteiger partial charge is 0.227 e. The van der Waals surface area contributed by atoms with Gasteiger partial charge in [0.2, 0.25) is 11.8 Å². The molecule has 1 fully saturated rings. The van der Waals surface area contributed by atoms with Gasteiger partial charge < -0.3 is 20.7 Å². The Morgan fingerprint density at radius 1 is 1.32 bits per heavy atom. The van der Waals surface area contributed by atoms with Crippen molar-refractivity contribution in [2.75, 3.05) is 39.9 Å². The van der Waals surface area contributed by atoms with Gasteiger partial charge in [-0.3, -0.25) is 9.59 Å². The van der Waals surface area contributed by atoms with E-state index < -0.39 is 0 Å². The Labute approximate surface area is 114 Å². The Bertz CT molecular complexity index is 302. The number of nitrogens with one attached hydrogen (secondary N) is 3. The lowest BCUT2D eigenvalue weighted by Gasteiger charge is -2.32. The van der Waals surface area contributed by atoms with E-state index in [0.29, 0.717) is 32.7 Å². The Kier molecular flexibility index (Phi) is 6.80. The number of piperidine rings is 1. The highest BCUT2D eigenvalue weighted by atomic mass is 16.5. The summed E-state index contributed by atoms with van der Waals surface area (Å²) in [5, 5.41) is 8.80. The normalized spacial score (nSPS) is 22.8. The summed E-state index contributed by atoms with van der Waals surface area (Å²) in [5.41, 5.74) is -0.342. The summed E-state index contributed by atoms with van der Waals surface area (Å²) in [5.74, 6) is -0.0336. The number of carbonyl (C=O) groups is 2.